The average molecular weight is 268 g/mol. The Morgan fingerprint density at radius 2 is 2.26 bits per heavy atom. The molecule has 104 valence electrons. The van der Waals surface area contributed by atoms with Crippen molar-refractivity contribution in [3.05, 3.63) is 35.4 Å². The lowest BCUT2D eigenvalue weighted by Gasteiger charge is -2.11. The average Bonchev–Trinajstić information content (AvgIpc) is 2.91. The minimum Gasteiger partial charge on any atom is -0.355 e. The molecule has 2 rings (SSSR count). The SMILES string of the molecule is O=C(CCc1cccc(F)c1F)NCC1CCCN1. The molecule has 19 heavy (non-hydrogen) atoms. The van der Waals surface area contributed by atoms with Gasteiger partial charge in [-0.1, -0.05) is 12.1 Å². The van der Waals surface area contributed by atoms with Crippen molar-refractivity contribution in [2.45, 2.75) is 31.7 Å². The van der Waals surface area contributed by atoms with Crippen LogP contribution in [-0.4, -0.2) is 25.0 Å². The molecule has 1 unspecified atom stereocenters. The van der Waals surface area contributed by atoms with Crippen molar-refractivity contribution in [2.24, 2.45) is 0 Å². The van der Waals surface area contributed by atoms with Crippen LogP contribution in [0.1, 0.15) is 24.8 Å². The van der Waals surface area contributed by atoms with Crippen LogP contribution in [0.15, 0.2) is 18.2 Å². The highest BCUT2D eigenvalue weighted by atomic mass is 19.2. The molecule has 0 aliphatic carbocycles. The zero-order valence-electron chi connectivity index (χ0n) is 10.7. The quantitative estimate of drug-likeness (QED) is 0.854. The Bertz CT molecular complexity index is 445. The lowest BCUT2D eigenvalue weighted by Crippen LogP contribution is -2.37. The molecule has 1 aromatic rings. The van der Waals surface area contributed by atoms with Gasteiger partial charge in [0.2, 0.25) is 5.91 Å². The summed E-state index contributed by atoms with van der Waals surface area (Å²) < 4.78 is 26.3. The van der Waals surface area contributed by atoms with Crippen LogP contribution in [-0.2, 0) is 11.2 Å². The van der Waals surface area contributed by atoms with Gasteiger partial charge in [0, 0.05) is 19.0 Å². The van der Waals surface area contributed by atoms with Gasteiger partial charge in [-0.05, 0) is 37.4 Å². The summed E-state index contributed by atoms with van der Waals surface area (Å²) in [6.45, 7) is 1.60. The maximum Gasteiger partial charge on any atom is 0.220 e. The van der Waals surface area contributed by atoms with E-state index in [4.69, 9.17) is 0 Å². The van der Waals surface area contributed by atoms with Crippen LogP contribution in [0.4, 0.5) is 8.78 Å². The van der Waals surface area contributed by atoms with E-state index >= 15 is 0 Å². The number of halogens is 2. The summed E-state index contributed by atoms with van der Waals surface area (Å²) in [4.78, 5) is 11.6. The van der Waals surface area contributed by atoms with E-state index in [9.17, 15) is 13.6 Å². The van der Waals surface area contributed by atoms with Crippen LogP contribution in [0.3, 0.4) is 0 Å². The minimum absolute atomic E-state index is 0.127. The van der Waals surface area contributed by atoms with Crippen molar-refractivity contribution in [1.82, 2.24) is 10.6 Å². The maximum absolute atomic E-state index is 13.4. The Labute approximate surface area is 111 Å². The van der Waals surface area contributed by atoms with Crippen molar-refractivity contribution < 1.29 is 13.6 Å². The summed E-state index contributed by atoms with van der Waals surface area (Å²) >= 11 is 0. The molecule has 5 heteroatoms. The number of hydrogen-bond acceptors (Lipinski definition) is 2. The summed E-state index contributed by atoms with van der Waals surface area (Å²) in [7, 11) is 0. The first kappa shape index (κ1) is 13.9. The van der Waals surface area contributed by atoms with Gasteiger partial charge in [0.25, 0.3) is 0 Å². The molecule has 1 amide bonds. The topological polar surface area (TPSA) is 41.1 Å². The second kappa shape index (κ2) is 6.61. The highest BCUT2D eigenvalue weighted by molar-refractivity contribution is 5.76. The molecular formula is C14H18F2N2O. The van der Waals surface area contributed by atoms with Gasteiger partial charge in [0.1, 0.15) is 0 Å². The van der Waals surface area contributed by atoms with Gasteiger partial charge in [0.05, 0.1) is 0 Å². The second-order valence-electron chi connectivity index (χ2n) is 4.81. The first-order chi connectivity index (χ1) is 9.16. The van der Waals surface area contributed by atoms with Crippen LogP contribution in [0.25, 0.3) is 0 Å². The number of rotatable bonds is 5. The van der Waals surface area contributed by atoms with Crippen LogP contribution >= 0.6 is 0 Å². The van der Waals surface area contributed by atoms with E-state index in [0.717, 1.165) is 25.5 Å². The van der Waals surface area contributed by atoms with E-state index < -0.39 is 11.6 Å². The monoisotopic (exact) mass is 268 g/mol. The molecule has 1 fully saturated rings. The smallest absolute Gasteiger partial charge is 0.220 e. The number of aryl methyl sites for hydroxylation is 1. The summed E-state index contributed by atoms with van der Waals surface area (Å²) in [5.74, 6) is -1.85. The van der Waals surface area contributed by atoms with E-state index in [1.807, 2.05) is 0 Å². The first-order valence-corrected chi connectivity index (χ1v) is 6.60. The molecule has 3 nitrogen and oxygen atoms in total. The molecular weight excluding hydrogens is 250 g/mol. The fraction of sp³-hybridized carbons (Fsp3) is 0.500. The van der Waals surface area contributed by atoms with Gasteiger partial charge in [0.15, 0.2) is 11.6 Å². The molecule has 0 radical (unpaired) electrons. The van der Waals surface area contributed by atoms with Gasteiger partial charge < -0.3 is 10.6 Å². The summed E-state index contributed by atoms with van der Waals surface area (Å²) in [6, 6.07) is 4.37. The second-order valence-corrected chi connectivity index (χ2v) is 4.81. The zero-order valence-corrected chi connectivity index (χ0v) is 10.7. The maximum atomic E-state index is 13.4. The molecule has 0 bridgehead atoms. The first-order valence-electron chi connectivity index (χ1n) is 6.60. The third-order valence-electron chi connectivity index (χ3n) is 3.36. The van der Waals surface area contributed by atoms with Crippen LogP contribution in [0.2, 0.25) is 0 Å². The third-order valence-corrected chi connectivity index (χ3v) is 3.36. The van der Waals surface area contributed by atoms with Gasteiger partial charge in [-0.25, -0.2) is 8.78 Å². The molecule has 1 atom stereocenters. The van der Waals surface area contributed by atoms with E-state index in [1.165, 1.54) is 12.1 Å². The van der Waals surface area contributed by atoms with Crippen LogP contribution in [0.5, 0.6) is 0 Å². The van der Waals surface area contributed by atoms with Crippen molar-refractivity contribution in [1.29, 1.82) is 0 Å². The van der Waals surface area contributed by atoms with Gasteiger partial charge in [-0.2, -0.15) is 0 Å². The number of nitrogens with one attached hydrogen (secondary N) is 2. The minimum atomic E-state index is -0.868. The molecule has 1 heterocycles. The number of carbonyl (C=O) groups is 1. The molecule has 1 saturated heterocycles. The molecule has 1 aliphatic rings. The molecule has 0 aromatic heterocycles. The predicted molar refractivity (Wildman–Crippen MR) is 68.7 cm³/mol. The zero-order chi connectivity index (χ0) is 13.7. The standard InChI is InChI=1S/C14H18F2N2O/c15-12-5-1-3-10(14(12)16)6-7-13(19)18-9-11-4-2-8-17-11/h1,3,5,11,17H,2,4,6-9H2,(H,18,19). The summed E-state index contributed by atoms with van der Waals surface area (Å²) in [5, 5.41) is 6.09. The van der Waals surface area contributed by atoms with Crippen LogP contribution < -0.4 is 10.6 Å². The Morgan fingerprint density at radius 3 is 3.00 bits per heavy atom. The van der Waals surface area contributed by atoms with E-state index in [2.05, 4.69) is 10.6 Å². The Hall–Kier alpha value is -1.49. The number of benzene rings is 1. The third kappa shape index (κ3) is 3.99. The van der Waals surface area contributed by atoms with Crippen molar-refractivity contribution in [3.8, 4) is 0 Å². The highest BCUT2D eigenvalue weighted by Crippen LogP contribution is 2.13. The number of hydrogen-bond donors (Lipinski definition) is 2. The summed E-state index contributed by atoms with van der Waals surface area (Å²) in [5.41, 5.74) is 0.245. The van der Waals surface area contributed by atoms with Crippen molar-refractivity contribution >= 4 is 5.91 Å². The highest BCUT2D eigenvalue weighted by Gasteiger charge is 2.15. The lowest BCUT2D eigenvalue weighted by molar-refractivity contribution is -0.121. The number of amides is 1. The summed E-state index contributed by atoms with van der Waals surface area (Å²) in [6.07, 6.45) is 2.59. The van der Waals surface area contributed by atoms with E-state index in [-0.39, 0.29) is 24.3 Å². The van der Waals surface area contributed by atoms with Gasteiger partial charge in [-0.15, -0.1) is 0 Å². The molecule has 1 aromatic carbocycles. The van der Waals surface area contributed by atoms with Crippen molar-refractivity contribution in [3.63, 3.8) is 0 Å². The largest absolute Gasteiger partial charge is 0.355 e. The molecule has 0 saturated carbocycles. The van der Waals surface area contributed by atoms with Gasteiger partial charge in [-0.3, -0.25) is 4.79 Å². The van der Waals surface area contributed by atoms with Crippen LogP contribution in [0, 0.1) is 11.6 Å². The van der Waals surface area contributed by atoms with E-state index in [0.29, 0.717) is 12.6 Å². The Morgan fingerprint density at radius 1 is 1.42 bits per heavy atom. The fourth-order valence-electron chi connectivity index (χ4n) is 2.25. The van der Waals surface area contributed by atoms with Gasteiger partial charge >= 0.3 is 0 Å². The molecule has 0 spiro atoms. The Kier molecular flexibility index (Phi) is 4.85. The number of carbonyl (C=O) groups excluding carboxylic acids is 1. The predicted octanol–water partition coefficient (Wildman–Crippen LogP) is 1.77. The Balaban J connectivity index is 1.75. The van der Waals surface area contributed by atoms with E-state index in [1.54, 1.807) is 0 Å². The fourth-order valence-corrected chi connectivity index (χ4v) is 2.25. The van der Waals surface area contributed by atoms with Crippen molar-refractivity contribution in [2.75, 3.05) is 13.1 Å². The lowest BCUT2D eigenvalue weighted by atomic mass is 10.1. The molecule has 2 N–H and O–H groups in total. The normalized spacial score (nSPS) is 18.5. The molecule has 1 aliphatic heterocycles.